The highest BCUT2D eigenvalue weighted by Gasteiger charge is 2.22. The summed E-state index contributed by atoms with van der Waals surface area (Å²) < 4.78 is 13.6. The molecule has 0 aliphatic heterocycles. The first kappa shape index (κ1) is 10.2. The minimum atomic E-state index is -2.64. The Balaban J connectivity index is 3.10. The maximum absolute atomic E-state index is 13.0. The lowest BCUT2D eigenvalue weighted by atomic mass is 10.1. The molecule has 0 amide bonds. The van der Waals surface area contributed by atoms with Crippen LogP contribution >= 0.6 is 0 Å². The van der Waals surface area contributed by atoms with Crippen LogP contribution in [0.4, 0.5) is 4.39 Å². The second-order valence-electron chi connectivity index (χ2n) is 3.15. The molecular weight excluding hydrogens is 174 g/mol. The predicted molar refractivity (Wildman–Crippen MR) is 44.4 cm³/mol. The standard InChI is InChI=1S/C7H10BFN2O2/c1-4(2)6-5(9)3-11(10-6)7(8,12)13/h3-4,12-13H,1-2H3. The molecular formula is C7H10BFN2O2. The molecule has 6 heteroatoms. The highest BCUT2D eigenvalue weighted by atomic mass is 19.1. The molecule has 1 heterocycles. The monoisotopic (exact) mass is 184 g/mol. The Labute approximate surface area is 76.4 Å². The van der Waals surface area contributed by atoms with Gasteiger partial charge < -0.3 is 10.2 Å². The molecule has 0 saturated heterocycles. The van der Waals surface area contributed by atoms with Crippen LogP contribution in [0, 0.1) is 5.82 Å². The van der Waals surface area contributed by atoms with E-state index in [1.165, 1.54) is 0 Å². The molecule has 0 aromatic carbocycles. The van der Waals surface area contributed by atoms with Gasteiger partial charge in [-0.05, 0) is 0 Å². The van der Waals surface area contributed by atoms with Crippen molar-refractivity contribution in [3.05, 3.63) is 17.7 Å². The summed E-state index contributed by atoms with van der Waals surface area (Å²) in [6.07, 6.45) is 0.843. The van der Waals surface area contributed by atoms with E-state index in [9.17, 15) is 4.39 Å². The number of halogens is 1. The third-order valence-corrected chi connectivity index (χ3v) is 1.58. The van der Waals surface area contributed by atoms with E-state index in [1.54, 1.807) is 13.8 Å². The molecule has 0 atom stereocenters. The van der Waals surface area contributed by atoms with E-state index < -0.39 is 11.6 Å². The summed E-state index contributed by atoms with van der Waals surface area (Å²) in [5, 5.41) is 21.3. The minimum absolute atomic E-state index is 0.136. The topological polar surface area (TPSA) is 58.3 Å². The number of aromatic nitrogens is 2. The van der Waals surface area contributed by atoms with E-state index in [0.29, 0.717) is 4.68 Å². The molecule has 2 N–H and O–H groups in total. The van der Waals surface area contributed by atoms with Crippen molar-refractivity contribution in [3.63, 3.8) is 0 Å². The van der Waals surface area contributed by atoms with E-state index in [1.807, 2.05) is 0 Å². The molecule has 1 aromatic heterocycles. The van der Waals surface area contributed by atoms with Crippen LogP contribution < -0.4 is 0 Å². The second kappa shape index (κ2) is 3.12. The molecule has 13 heavy (non-hydrogen) atoms. The molecule has 2 radical (unpaired) electrons. The molecule has 4 nitrogen and oxygen atoms in total. The first-order valence-corrected chi connectivity index (χ1v) is 3.81. The normalized spacial score (nSPS) is 12.5. The largest absolute Gasteiger partial charge is 0.356 e. The number of hydrogen-bond acceptors (Lipinski definition) is 3. The molecule has 0 bridgehead atoms. The molecule has 0 aliphatic rings. The van der Waals surface area contributed by atoms with Gasteiger partial charge in [-0.1, -0.05) is 13.8 Å². The Morgan fingerprint density at radius 1 is 1.62 bits per heavy atom. The fourth-order valence-electron chi connectivity index (χ4n) is 0.926. The van der Waals surface area contributed by atoms with Crippen LogP contribution in [0.25, 0.3) is 0 Å². The SMILES string of the molecule is [B]C(O)(O)n1cc(F)c(C(C)C)n1. The van der Waals surface area contributed by atoms with Gasteiger partial charge in [0.25, 0.3) is 0 Å². The summed E-state index contributed by atoms with van der Waals surface area (Å²) in [5.41, 5.74) is 0.151. The van der Waals surface area contributed by atoms with E-state index in [-0.39, 0.29) is 11.6 Å². The van der Waals surface area contributed by atoms with Crippen molar-refractivity contribution < 1.29 is 14.6 Å². The predicted octanol–water partition coefficient (Wildman–Crippen LogP) is -0.134. The molecule has 1 aromatic rings. The minimum Gasteiger partial charge on any atom is -0.356 e. The lowest BCUT2D eigenvalue weighted by Gasteiger charge is -2.16. The summed E-state index contributed by atoms with van der Waals surface area (Å²) in [6, 6.07) is 0. The number of rotatable bonds is 2. The molecule has 0 saturated carbocycles. The lowest BCUT2D eigenvalue weighted by Crippen LogP contribution is -2.33. The Kier molecular flexibility index (Phi) is 2.45. The van der Waals surface area contributed by atoms with Gasteiger partial charge in [0.15, 0.2) is 13.7 Å². The summed E-state index contributed by atoms with van der Waals surface area (Å²) in [7, 11) is 4.88. The summed E-state index contributed by atoms with van der Waals surface area (Å²) in [4.78, 5) is 0. The van der Waals surface area contributed by atoms with Crippen molar-refractivity contribution in [2.24, 2.45) is 0 Å². The Morgan fingerprint density at radius 2 is 2.15 bits per heavy atom. The van der Waals surface area contributed by atoms with Crippen molar-refractivity contribution in [2.75, 3.05) is 0 Å². The fourth-order valence-corrected chi connectivity index (χ4v) is 0.926. The van der Waals surface area contributed by atoms with Crippen LogP contribution in [0.2, 0.25) is 0 Å². The average Bonchev–Trinajstić information content (AvgIpc) is 2.29. The third kappa shape index (κ3) is 2.08. The summed E-state index contributed by atoms with van der Waals surface area (Å²) >= 11 is 0. The zero-order valence-electron chi connectivity index (χ0n) is 7.40. The first-order chi connectivity index (χ1) is 5.82. The van der Waals surface area contributed by atoms with Crippen LogP contribution in [0.5, 0.6) is 0 Å². The molecule has 0 aliphatic carbocycles. The van der Waals surface area contributed by atoms with Gasteiger partial charge in [-0.3, -0.25) is 0 Å². The smallest absolute Gasteiger partial charge is 0.208 e. The van der Waals surface area contributed by atoms with Gasteiger partial charge in [0, 0.05) is 5.92 Å². The third-order valence-electron chi connectivity index (χ3n) is 1.58. The number of aliphatic hydroxyl groups is 2. The van der Waals surface area contributed by atoms with Crippen LogP contribution in [0.3, 0.4) is 0 Å². The zero-order chi connectivity index (χ0) is 10.2. The lowest BCUT2D eigenvalue weighted by molar-refractivity contribution is -0.160. The van der Waals surface area contributed by atoms with Gasteiger partial charge in [-0.15, -0.1) is 0 Å². The highest BCUT2D eigenvalue weighted by molar-refractivity contribution is 6.10. The molecule has 0 unspecified atom stereocenters. The van der Waals surface area contributed by atoms with E-state index in [2.05, 4.69) is 5.10 Å². The maximum atomic E-state index is 13.0. The van der Waals surface area contributed by atoms with Crippen LogP contribution in [0.1, 0.15) is 25.5 Å². The first-order valence-electron chi connectivity index (χ1n) is 3.81. The Hall–Kier alpha value is -0.875. The van der Waals surface area contributed by atoms with Crippen molar-refractivity contribution >= 4 is 7.85 Å². The van der Waals surface area contributed by atoms with Gasteiger partial charge in [-0.25, -0.2) is 9.07 Å². The van der Waals surface area contributed by atoms with E-state index in [0.717, 1.165) is 6.20 Å². The molecule has 0 fully saturated rings. The van der Waals surface area contributed by atoms with Gasteiger partial charge in [0.2, 0.25) is 5.81 Å². The Morgan fingerprint density at radius 3 is 2.38 bits per heavy atom. The average molecular weight is 184 g/mol. The van der Waals surface area contributed by atoms with Crippen LogP contribution in [0.15, 0.2) is 6.20 Å². The van der Waals surface area contributed by atoms with Crippen molar-refractivity contribution in [3.8, 4) is 0 Å². The number of hydrogen-bond donors (Lipinski definition) is 2. The molecule has 1 rings (SSSR count). The number of nitrogens with zero attached hydrogens (tertiary/aromatic N) is 2. The summed E-state index contributed by atoms with van der Waals surface area (Å²) in [6.45, 7) is 3.48. The van der Waals surface area contributed by atoms with Gasteiger partial charge in [0.1, 0.15) is 5.69 Å². The highest BCUT2D eigenvalue weighted by Crippen LogP contribution is 2.17. The van der Waals surface area contributed by atoms with Crippen LogP contribution in [-0.4, -0.2) is 27.8 Å². The van der Waals surface area contributed by atoms with Gasteiger partial charge in [-0.2, -0.15) is 5.10 Å². The quantitative estimate of drug-likeness (QED) is 0.497. The van der Waals surface area contributed by atoms with Crippen molar-refractivity contribution in [2.45, 2.75) is 25.6 Å². The Bertz CT molecular complexity index is 306. The van der Waals surface area contributed by atoms with Crippen molar-refractivity contribution in [1.82, 2.24) is 9.78 Å². The van der Waals surface area contributed by atoms with Crippen LogP contribution in [-0.2, 0) is 5.81 Å². The molecule has 70 valence electrons. The van der Waals surface area contributed by atoms with Gasteiger partial charge >= 0.3 is 0 Å². The second-order valence-corrected chi connectivity index (χ2v) is 3.15. The van der Waals surface area contributed by atoms with Gasteiger partial charge in [0.05, 0.1) is 6.20 Å². The van der Waals surface area contributed by atoms with Crippen molar-refractivity contribution in [1.29, 1.82) is 0 Å². The summed E-state index contributed by atoms with van der Waals surface area (Å²) in [5.74, 6) is -3.38. The molecule has 0 spiro atoms. The van der Waals surface area contributed by atoms with E-state index in [4.69, 9.17) is 18.1 Å². The van der Waals surface area contributed by atoms with E-state index >= 15 is 0 Å². The maximum Gasteiger partial charge on any atom is 0.208 e. The zero-order valence-corrected chi connectivity index (χ0v) is 7.40. The fraction of sp³-hybridized carbons (Fsp3) is 0.571.